The zero-order chi connectivity index (χ0) is 15.4. The quantitative estimate of drug-likeness (QED) is 0.828. The molecule has 21 heavy (non-hydrogen) atoms. The van der Waals surface area contributed by atoms with Gasteiger partial charge in [0.2, 0.25) is 5.91 Å². The second-order valence-corrected chi connectivity index (χ2v) is 5.52. The van der Waals surface area contributed by atoms with Gasteiger partial charge in [-0.25, -0.2) is 4.79 Å². The van der Waals surface area contributed by atoms with Crippen molar-refractivity contribution in [1.82, 2.24) is 0 Å². The Morgan fingerprint density at radius 1 is 1.43 bits per heavy atom. The molecule has 2 rings (SSSR count). The molecule has 0 aromatic carbocycles. The van der Waals surface area contributed by atoms with E-state index in [0.29, 0.717) is 10.8 Å². The third-order valence-electron chi connectivity index (χ3n) is 2.76. The van der Waals surface area contributed by atoms with Gasteiger partial charge in [-0.15, -0.1) is 11.3 Å². The molecule has 0 aliphatic rings. The van der Waals surface area contributed by atoms with Crippen LogP contribution in [-0.4, -0.2) is 17.0 Å². The van der Waals surface area contributed by atoms with Crippen LogP contribution in [-0.2, 0) is 11.2 Å². The summed E-state index contributed by atoms with van der Waals surface area (Å²) in [6.45, 7) is 3.75. The van der Waals surface area contributed by atoms with Crippen LogP contribution in [0.1, 0.15) is 33.7 Å². The van der Waals surface area contributed by atoms with Crippen molar-refractivity contribution >= 4 is 34.3 Å². The normalized spacial score (nSPS) is 11.0. The predicted molar refractivity (Wildman–Crippen MR) is 81.8 cm³/mol. The summed E-state index contributed by atoms with van der Waals surface area (Å²) < 4.78 is 5.31. The minimum atomic E-state index is -1.05. The van der Waals surface area contributed by atoms with Gasteiger partial charge in [0.15, 0.2) is 0 Å². The fourth-order valence-electron chi connectivity index (χ4n) is 1.72. The van der Waals surface area contributed by atoms with Gasteiger partial charge in [0, 0.05) is 11.0 Å². The fraction of sp³-hybridized carbons (Fsp3) is 0.200. The van der Waals surface area contributed by atoms with Crippen molar-refractivity contribution in [2.24, 2.45) is 0 Å². The van der Waals surface area contributed by atoms with Crippen LogP contribution in [0.15, 0.2) is 28.7 Å². The summed E-state index contributed by atoms with van der Waals surface area (Å²) in [5, 5.41) is 12.1. The zero-order valence-corrected chi connectivity index (χ0v) is 12.5. The number of aryl methyl sites for hydroxylation is 2. The number of carboxylic acid groups (broad SMARTS) is 1. The number of hydrogen-bond donors (Lipinski definition) is 2. The highest BCUT2D eigenvalue weighted by Gasteiger charge is 2.15. The Morgan fingerprint density at radius 3 is 2.76 bits per heavy atom. The molecular weight excluding hydrogens is 290 g/mol. The van der Waals surface area contributed by atoms with Crippen molar-refractivity contribution < 1.29 is 19.1 Å². The van der Waals surface area contributed by atoms with E-state index in [1.54, 1.807) is 18.2 Å². The zero-order valence-electron chi connectivity index (χ0n) is 11.7. The average Bonchev–Trinajstić information content (AvgIpc) is 3.02. The number of hydrogen-bond acceptors (Lipinski definition) is 4. The first-order valence-electron chi connectivity index (χ1n) is 6.41. The summed E-state index contributed by atoms with van der Waals surface area (Å²) in [5.74, 6) is -0.112. The number of carbonyl (C=O) groups excluding carboxylic acids is 1. The van der Waals surface area contributed by atoms with Crippen molar-refractivity contribution in [2.75, 3.05) is 5.32 Å². The van der Waals surface area contributed by atoms with Crippen LogP contribution >= 0.6 is 11.3 Å². The van der Waals surface area contributed by atoms with Crippen molar-refractivity contribution in [3.8, 4) is 0 Å². The number of anilines is 1. The molecule has 2 aromatic rings. The predicted octanol–water partition coefficient (Wildman–Crippen LogP) is 3.56. The molecule has 2 aromatic heterocycles. The summed E-state index contributed by atoms with van der Waals surface area (Å²) in [6, 6.07) is 5.14. The van der Waals surface area contributed by atoms with E-state index >= 15 is 0 Å². The number of nitrogens with one attached hydrogen (secondary N) is 1. The lowest BCUT2D eigenvalue weighted by Crippen LogP contribution is -2.09. The van der Waals surface area contributed by atoms with E-state index in [2.05, 4.69) is 5.32 Å². The van der Waals surface area contributed by atoms with Gasteiger partial charge in [-0.2, -0.15) is 0 Å². The Labute approximate surface area is 125 Å². The van der Waals surface area contributed by atoms with Crippen molar-refractivity contribution in [1.29, 1.82) is 0 Å². The molecule has 0 unspecified atom stereocenters. The molecule has 5 nitrogen and oxygen atoms in total. The minimum absolute atomic E-state index is 0.118. The third-order valence-corrected chi connectivity index (χ3v) is 3.95. The van der Waals surface area contributed by atoms with Crippen LogP contribution in [0, 0.1) is 6.92 Å². The number of furan rings is 1. The van der Waals surface area contributed by atoms with Gasteiger partial charge in [0.05, 0.1) is 5.56 Å². The first-order chi connectivity index (χ1) is 9.99. The second-order valence-electron chi connectivity index (χ2n) is 4.39. The molecular formula is C15H15NO4S. The molecule has 0 spiro atoms. The number of carbonyl (C=O) groups is 2. The lowest BCUT2D eigenvalue weighted by Gasteiger charge is -1.99. The van der Waals surface area contributed by atoms with E-state index in [4.69, 9.17) is 9.52 Å². The molecule has 2 N–H and O–H groups in total. The van der Waals surface area contributed by atoms with Gasteiger partial charge in [0.1, 0.15) is 16.5 Å². The number of aromatic carboxylic acids is 1. The summed E-state index contributed by atoms with van der Waals surface area (Å²) in [4.78, 5) is 23.9. The van der Waals surface area contributed by atoms with E-state index in [-0.39, 0.29) is 5.56 Å². The molecule has 0 fully saturated rings. The largest absolute Gasteiger partial charge is 0.478 e. The van der Waals surface area contributed by atoms with E-state index < -0.39 is 11.9 Å². The van der Waals surface area contributed by atoms with E-state index in [9.17, 15) is 9.59 Å². The van der Waals surface area contributed by atoms with Crippen LogP contribution in [0.5, 0.6) is 0 Å². The molecule has 0 aliphatic heterocycles. The maximum Gasteiger partial charge on any atom is 0.338 e. The first-order valence-corrected chi connectivity index (χ1v) is 7.22. The third kappa shape index (κ3) is 3.82. The van der Waals surface area contributed by atoms with Crippen molar-refractivity contribution in [2.45, 2.75) is 20.3 Å². The van der Waals surface area contributed by atoms with Crippen LogP contribution in [0.25, 0.3) is 6.08 Å². The van der Waals surface area contributed by atoms with Crippen LogP contribution < -0.4 is 5.32 Å². The van der Waals surface area contributed by atoms with Crippen LogP contribution in [0.4, 0.5) is 5.00 Å². The maximum absolute atomic E-state index is 11.8. The highest BCUT2D eigenvalue weighted by molar-refractivity contribution is 7.16. The summed E-state index contributed by atoms with van der Waals surface area (Å²) in [7, 11) is 0. The van der Waals surface area contributed by atoms with Crippen LogP contribution in [0.3, 0.4) is 0 Å². The van der Waals surface area contributed by atoms with Gasteiger partial charge in [-0.1, -0.05) is 6.92 Å². The van der Waals surface area contributed by atoms with Crippen molar-refractivity contribution in [3.05, 3.63) is 46.2 Å². The number of carboxylic acids is 1. The van der Waals surface area contributed by atoms with Gasteiger partial charge < -0.3 is 14.8 Å². The highest BCUT2D eigenvalue weighted by atomic mass is 32.1. The van der Waals surface area contributed by atoms with Crippen molar-refractivity contribution in [3.63, 3.8) is 0 Å². The topological polar surface area (TPSA) is 79.5 Å². The molecule has 0 bridgehead atoms. The number of rotatable bonds is 5. The molecule has 0 saturated heterocycles. The molecule has 110 valence electrons. The van der Waals surface area contributed by atoms with E-state index in [1.165, 1.54) is 23.5 Å². The number of amides is 1. The number of thiophene rings is 1. The molecule has 0 radical (unpaired) electrons. The Bertz CT molecular complexity index is 696. The van der Waals surface area contributed by atoms with Gasteiger partial charge in [0.25, 0.3) is 0 Å². The van der Waals surface area contributed by atoms with E-state index in [0.717, 1.165) is 17.1 Å². The Balaban J connectivity index is 2.10. The Morgan fingerprint density at radius 2 is 2.19 bits per heavy atom. The molecule has 2 heterocycles. The summed E-state index contributed by atoms with van der Waals surface area (Å²) in [6.07, 6.45) is 3.58. The first kappa shape index (κ1) is 15.1. The lowest BCUT2D eigenvalue weighted by atomic mass is 10.2. The van der Waals surface area contributed by atoms with E-state index in [1.807, 2.05) is 13.8 Å². The second kappa shape index (κ2) is 6.41. The monoisotopic (exact) mass is 305 g/mol. The minimum Gasteiger partial charge on any atom is -0.478 e. The van der Waals surface area contributed by atoms with Gasteiger partial charge in [-0.3, -0.25) is 4.79 Å². The molecule has 0 atom stereocenters. The average molecular weight is 305 g/mol. The van der Waals surface area contributed by atoms with Gasteiger partial charge >= 0.3 is 5.97 Å². The molecule has 0 saturated carbocycles. The Hall–Kier alpha value is -2.34. The molecule has 1 amide bonds. The lowest BCUT2D eigenvalue weighted by molar-refractivity contribution is -0.111. The molecule has 6 heteroatoms. The summed E-state index contributed by atoms with van der Waals surface area (Å²) in [5.41, 5.74) is 0.118. The summed E-state index contributed by atoms with van der Waals surface area (Å²) >= 11 is 1.27. The fourth-order valence-corrected chi connectivity index (χ4v) is 2.71. The SMILES string of the molecule is CCc1cc(C(=O)O)c(NC(=O)C=Cc2ccc(C)o2)s1. The standard InChI is InChI=1S/C15H15NO4S/c1-3-11-8-12(15(18)19)14(21-11)16-13(17)7-6-10-5-4-9(2)20-10/h4-8H,3H2,1-2H3,(H,16,17)(H,18,19). The smallest absolute Gasteiger partial charge is 0.338 e. The Kier molecular flexibility index (Phi) is 4.59. The molecule has 0 aliphatic carbocycles. The maximum atomic E-state index is 11.8. The highest BCUT2D eigenvalue weighted by Crippen LogP contribution is 2.28. The van der Waals surface area contributed by atoms with Gasteiger partial charge in [-0.05, 0) is 37.6 Å². The van der Waals surface area contributed by atoms with Crippen LogP contribution in [0.2, 0.25) is 0 Å².